The number of non-ortho nitro benzene ring substituents is 2. The fourth-order valence-corrected chi connectivity index (χ4v) is 3.88. The number of nitrogens with zero attached hydrogens (tertiary/aromatic N) is 5. The first-order chi connectivity index (χ1) is 14.3. The molecule has 0 fully saturated rings. The van der Waals surface area contributed by atoms with E-state index in [1.807, 2.05) is 43.3 Å². The number of para-hydroxylation sites is 1. The molecule has 0 aliphatic carbocycles. The number of anilines is 1. The van der Waals surface area contributed by atoms with E-state index < -0.39 is 27.1 Å². The van der Waals surface area contributed by atoms with Crippen LogP contribution in [0.25, 0.3) is 10.2 Å². The molecule has 0 atom stereocenters. The van der Waals surface area contributed by atoms with Gasteiger partial charge in [-0.05, 0) is 39.2 Å². The van der Waals surface area contributed by atoms with Crippen molar-refractivity contribution in [3.8, 4) is 0 Å². The zero-order chi connectivity index (χ0) is 21.8. The van der Waals surface area contributed by atoms with Crippen LogP contribution in [-0.4, -0.2) is 52.8 Å². The van der Waals surface area contributed by atoms with Gasteiger partial charge in [0.15, 0.2) is 5.13 Å². The van der Waals surface area contributed by atoms with Gasteiger partial charge in [-0.1, -0.05) is 23.5 Å². The van der Waals surface area contributed by atoms with Crippen LogP contribution in [0.4, 0.5) is 16.5 Å². The highest BCUT2D eigenvalue weighted by molar-refractivity contribution is 7.22. The lowest BCUT2D eigenvalue weighted by atomic mass is 10.1. The highest BCUT2D eigenvalue weighted by Gasteiger charge is 2.26. The van der Waals surface area contributed by atoms with Gasteiger partial charge in [0, 0.05) is 18.7 Å². The Bertz CT molecular complexity index is 1050. The smallest absolute Gasteiger partial charge is 0.277 e. The fraction of sp³-hybridized carbons (Fsp3) is 0.263. The third kappa shape index (κ3) is 4.75. The quantitative estimate of drug-likeness (QED) is 0.395. The Morgan fingerprint density at radius 1 is 1.03 bits per heavy atom. The normalized spacial score (nSPS) is 11.0. The Labute approximate surface area is 175 Å². The molecule has 10 nitrogen and oxygen atoms in total. The average Bonchev–Trinajstić information content (AvgIpc) is 3.13. The van der Waals surface area contributed by atoms with Gasteiger partial charge in [0.1, 0.15) is 0 Å². The molecule has 1 amide bonds. The number of hydrogen-bond acceptors (Lipinski definition) is 8. The number of nitro benzene ring substituents is 2. The molecule has 0 saturated heterocycles. The van der Waals surface area contributed by atoms with Crippen LogP contribution in [0.2, 0.25) is 0 Å². The lowest BCUT2D eigenvalue weighted by molar-refractivity contribution is -0.394. The van der Waals surface area contributed by atoms with E-state index in [1.54, 1.807) is 0 Å². The summed E-state index contributed by atoms with van der Waals surface area (Å²) < 4.78 is 0.892. The van der Waals surface area contributed by atoms with Crippen LogP contribution in [0.5, 0.6) is 0 Å². The van der Waals surface area contributed by atoms with Gasteiger partial charge in [-0.15, -0.1) is 0 Å². The average molecular weight is 429 g/mol. The second-order valence-electron chi connectivity index (χ2n) is 6.83. The second-order valence-corrected chi connectivity index (χ2v) is 7.84. The van der Waals surface area contributed by atoms with Crippen LogP contribution in [-0.2, 0) is 0 Å². The molecule has 0 saturated carbocycles. The molecule has 2 aromatic carbocycles. The summed E-state index contributed by atoms with van der Waals surface area (Å²) in [5.41, 5.74) is -0.414. The van der Waals surface area contributed by atoms with E-state index in [2.05, 4.69) is 4.98 Å². The molecule has 1 heterocycles. The van der Waals surface area contributed by atoms with Gasteiger partial charge in [0.05, 0.1) is 31.7 Å². The largest absolute Gasteiger partial charge is 0.309 e. The van der Waals surface area contributed by atoms with Crippen LogP contribution >= 0.6 is 11.3 Å². The Kier molecular flexibility index (Phi) is 6.33. The van der Waals surface area contributed by atoms with Crippen molar-refractivity contribution in [3.05, 3.63) is 68.3 Å². The molecule has 3 aromatic rings. The van der Waals surface area contributed by atoms with Crippen LogP contribution < -0.4 is 4.90 Å². The molecule has 0 N–H and O–H groups in total. The van der Waals surface area contributed by atoms with Gasteiger partial charge in [0.2, 0.25) is 0 Å². The van der Waals surface area contributed by atoms with E-state index in [9.17, 15) is 25.0 Å². The summed E-state index contributed by atoms with van der Waals surface area (Å²) in [5.74, 6) is -0.570. The maximum atomic E-state index is 13.3. The summed E-state index contributed by atoms with van der Waals surface area (Å²) in [6, 6.07) is 10.4. The molecule has 11 heteroatoms. The van der Waals surface area contributed by atoms with Crippen LogP contribution in [0.15, 0.2) is 42.5 Å². The van der Waals surface area contributed by atoms with Gasteiger partial charge >= 0.3 is 0 Å². The molecule has 0 aliphatic rings. The first-order valence-corrected chi connectivity index (χ1v) is 9.84. The lowest BCUT2D eigenvalue weighted by Gasteiger charge is -2.21. The predicted octanol–water partition coefficient (Wildman–Crippen LogP) is 3.71. The molecular weight excluding hydrogens is 410 g/mol. The summed E-state index contributed by atoms with van der Waals surface area (Å²) >= 11 is 1.32. The zero-order valence-corrected chi connectivity index (χ0v) is 17.2. The van der Waals surface area contributed by atoms with E-state index in [0.717, 1.165) is 28.4 Å². The van der Waals surface area contributed by atoms with Crippen molar-refractivity contribution >= 4 is 44.0 Å². The maximum Gasteiger partial charge on any atom is 0.277 e. The van der Waals surface area contributed by atoms with Gasteiger partial charge in [-0.25, -0.2) is 4.98 Å². The van der Waals surface area contributed by atoms with Gasteiger partial charge < -0.3 is 4.90 Å². The van der Waals surface area contributed by atoms with Crippen molar-refractivity contribution in [1.29, 1.82) is 0 Å². The third-order valence-electron chi connectivity index (χ3n) is 4.32. The Morgan fingerprint density at radius 3 is 2.23 bits per heavy atom. The molecule has 1 aromatic heterocycles. The minimum Gasteiger partial charge on any atom is -0.309 e. The number of hydrogen-bond donors (Lipinski definition) is 0. The third-order valence-corrected chi connectivity index (χ3v) is 5.38. The monoisotopic (exact) mass is 429 g/mol. The number of aromatic nitrogens is 1. The van der Waals surface area contributed by atoms with Crippen molar-refractivity contribution in [2.75, 3.05) is 32.1 Å². The van der Waals surface area contributed by atoms with Gasteiger partial charge in [-0.2, -0.15) is 0 Å². The first kappa shape index (κ1) is 21.3. The number of amides is 1. The maximum absolute atomic E-state index is 13.3. The van der Waals surface area contributed by atoms with Crippen molar-refractivity contribution in [2.24, 2.45) is 0 Å². The van der Waals surface area contributed by atoms with E-state index in [0.29, 0.717) is 24.6 Å². The van der Waals surface area contributed by atoms with Crippen molar-refractivity contribution in [1.82, 2.24) is 9.88 Å². The summed E-state index contributed by atoms with van der Waals surface area (Å²) in [4.78, 5) is 42.1. The highest BCUT2D eigenvalue weighted by Crippen LogP contribution is 2.31. The van der Waals surface area contributed by atoms with Crippen molar-refractivity contribution in [3.63, 3.8) is 0 Å². The molecule has 0 radical (unpaired) electrons. The molecule has 30 heavy (non-hydrogen) atoms. The number of carbonyl (C=O) groups is 1. The number of rotatable bonds is 8. The first-order valence-electron chi connectivity index (χ1n) is 9.02. The second kappa shape index (κ2) is 8.93. The summed E-state index contributed by atoms with van der Waals surface area (Å²) in [7, 11) is 3.82. The number of carbonyl (C=O) groups excluding carboxylic acids is 1. The summed E-state index contributed by atoms with van der Waals surface area (Å²) in [6.07, 6.45) is 0.631. The highest BCUT2D eigenvalue weighted by atomic mass is 32.1. The topological polar surface area (TPSA) is 123 Å². The number of nitro groups is 2. The Balaban J connectivity index is 2.03. The van der Waals surface area contributed by atoms with Crippen LogP contribution in [0, 0.1) is 20.2 Å². The van der Waals surface area contributed by atoms with E-state index in [-0.39, 0.29) is 5.56 Å². The molecule has 0 spiro atoms. The van der Waals surface area contributed by atoms with Crippen LogP contribution in [0.3, 0.4) is 0 Å². The number of fused-ring (bicyclic) bond motifs is 1. The minimum absolute atomic E-state index is 0.125. The zero-order valence-electron chi connectivity index (χ0n) is 16.3. The molecule has 0 aliphatic heterocycles. The standard InChI is InChI=1S/C19H19N5O5S/c1-21(2)8-5-9-22(19-20-16-6-3-4-7-17(16)30-19)18(25)13-10-14(23(26)27)12-15(11-13)24(28)29/h3-4,6-7,10-12H,5,8-9H2,1-2H3. The van der Waals surface area contributed by atoms with E-state index in [4.69, 9.17) is 0 Å². The van der Waals surface area contributed by atoms with Gasteiger partial charge in [0.25, 0.3) is 17.3 Å². The number of benzene rings is 2. The summed E-state index contributed by atoms with van der Waals surface area (Å²) in [6.45, 7) is 1.02. The Morgan fingerprint density at radius 2 is 1.67 bits per heavy atom. The van der Waals surface area contributed by atoms with Gasteiger partial charge in [-0.3, -0.25) is 29.9 Å². The predicted molar refractivity (Wildman–Crippen MR) is 114 cm³/mol. The van der Waals surface area contributed by atoms with Crippen LogP contribution in [0.1, 0.15) is 16.8 Å². The molecular formula is C19H19N5O5S. The SMILES string of the molecule is CN(C)CCCN(C(=O)c1cc([N+](=O)[O-])cc([N+](=O)[O-])c1)c1nc2ccccc2s1. The van der Waals surface area contributed by atoms with E-state index >= 15 is 0 Å². The number of thiazole rings is 1. The minimum atomic E-state index is -0.752. The molecule has 156 valence electrons. The molecule has 0 unspecified atom stereocenters. The Hall–Kier alpha value is -3.44. The summed E-state index contributed by atoms with van der Waals surface area (Å²) in [5, 5.41) is 22.8. The molecule has 0 bridgehead atoms. The van der Waals surface area contributed by atoms with E-state index in [1.165, 1.54) is 16.2 Å². The molecule has 3 rings (SSSR count). The fourth-order valence-electron chi connectivity index (χ4n) is 2.89. The lowest BCUT2D eigenvalue weighted by Crippen LogP contribution is -2.33. The van der Waals surface area contributed by atoms with Crippen molar-refractivity contribution < 1.29 is 14.6 Å². The van der Waals surface area contributed by atoms with Crippen molar-refractivity contribution in [2.45, 2.75) is 6.42 Å².